The Labute approximate surface area is 130 Å². The number of aliphatic carboxylic acids is 1. The molecule has 0 aliphatic carbocycles. The van der Waals surface area contributed by atoms with Crippen LogP contribution in [0.1, 0.15) is 30.0 Å². The van der Waals surface area contributed by atoms with Crippen LogP contribution >= 0.6 is 0 Å². The second kappa shape index (κ2) is 6.60. The van der Waals surface area contributed by atoms with Crippen molar-refractivity contribution in [3.63, 3.8) is 0 Å². The lowest BCUT2D eigenvalue weighted by atomic mass is 10.0. The first-order chi connectivity index (χ1) is 10.4. The molecular weight excluding hydrogens is 278 g/mol. The van der Waals surface area contributed by atoms with Crippen LogP contribution in [0.25, 0.3) is 11.3 Å². The van der Waals surface area contributed by atoms with Gasteiger partial charge in [0.2, 0.25) is 0 Å². The highest BCUT2D eigenvalue weighted by Crippen LogP contribution is 2.21. The smallest absolute Gasteiger partial charge is 0.303 e. The molecule has 2 rings (SSSR count). The van der Waals surface area contributed by atoms with Gasteiger partial charge < -0.3 is 9.67 Å². The van der Waals surface area contributed by atoms with Crippen molar-refractivity contribution >= 4 is 5.97 Å². The molecule has 0 fully saturated rings. The molecule has 0 saturated carbocycles. The van der Waals surface area contributed by atoms with Crippen molar-refractivity contribution in [2.75, 3.05) is 0 Å². The monoisotopic (exact) mass is 299 g/mol. The second-order valence-corrected chi connectivity index (χ2v) is 5.49. The highest BCUT2D eigenvalue weighted by Gasteiger charge is 2.11. The van der Waals surface area contributed by atoms with Crippen molar-refractivity contribution in [3.05, 3.63) is 57.4 Å². The number of hydrogen-bond donors (Lipinski definition) is 1. The van der Waals surface area contributed by atoms with Crippen LogP contribution in [0, 0.1) is 13.8 Å². The third-order valence-corrected chi connectivity index (χ3v) is 3.98. The van der Waals surface area contributed by atoms with E-state index in [0.29, 0.717) is 12.1 Å². The Morgan fingerprint density at radius 1 is 1.14 bits per heavy atom. The number of carboxylic acids is 1. The Kier molecular flexibility index (Phi) is 4.81. The Morgan fingerprint density at radius 2 is 1.86 bits per heavy atom. The molecule has 1 aromatic carbocycles. The average molecular weight is 299 g/mol. The lowest BCUT2D eigenvalue weighted by Crippen LogP contribution is -2.24. The summed E-state index contributed by atoms with van der Waals surface area (Å²) in [6, 6.07) is 9.80. The van der Waals surface area contributed by atoms with Crippen molar-refractivity contribution in [1.29, 1.82) is 0 Å². The molecule has 0 aliphatic heterocycles. The highest BCUT2D eigenvalue weighted by atomic mass is 16.4. The Bertz CT molecular complexity index is 759. The summed E-state index contributed by atoms with van der Waals surface area (Å²) in [5.41, 5.74) is 4.73. The number of rotatable bonds is 5. The molecular formula is C18H21NO3. The molecule has 22 heavy (non-hydrogen) atoms. The molecule has 0 spiro atoms. The predicted molar refractivity (Wildman–Crippen MR) is 87.2 cm³/mol. The topological polar surface area (TPSA) is 59.3 Å². The molecule has 116 valence electrons. The maximum Gasteiger partial charge on any atom is 0.303 e. The minimum absolute atomic E-state index is 0.0259. The molecule has 0 radical (unpaired) electrons. The summed E-state index contributed by atoms with van der Waals surface area (Å²) < 4.78 is 1.71. The first-order valence-electron chi connectivity index (χ1n) is 7.46. The number of aromatic nitrogens is 1. The van der Waals surface area contributed by atoms with Gasteiger partial charge in [-0.3, -0.25) is 9.59 Å². The molecule has 4 heteroatoms. The van der Waals surface area contributed by atoms with Crippen LogP contribution in [-0.4, -0.2) is 15.6 Å². The molecule has 4 nitrogen and oxygen atoms in total. The van der Waals surface area contributed by atoms with Gasteiger partial charge in [-0.15, -0.1) is 0 Å². The number of carbonyl (C=O) groups is 1. The van der Waals surface area contributed by atoms with E-state index in [1.54, 1.807) is 10.6 Å². The van der Waals surface area contributed by atoms with Gasteiger partial charge in [0.05, 0.1) is 5.69 Å². The summed E-state index contributed by atoms with van der Waals surface area (Å²) in [5, 5.41) is 8.77. The predicted octanol–water partition coefficient (Wildman–Crippen LogP) is 3.17. The number of benzene rings is 1. The zero-order valence-corrected chi connectivity index (χ0v) is 13.2. The zero-order chi connectivity index (χ0) is 16.3. The van der Waals surface area contributed by atoms with Gasteiger partial charge in [0.1, 0.15) is 0 Å². The van der Waals surface area contributed by atoms with Gasteiger partial charge in [-0.1, -0.05) is 18.2 Å². The van der Waals surface area contributed by atoms with Crippen LogP contribution in [0.5, 0.6) is 0 Å². The molecule has 0 amide bonds. The fraction of sp³-hybridized carbons (Fsp3) is 0.333. The largest absolute Gasteiger partial charge is 0.481 e. The number of pyridine rings is 1. The summed E-state index contributed by atoms with van der Waals surface area (Å²) in [6.45, 7) is 6.59. The molecule has 1 heterocycles. The van der Waals surface area contributed by atoms with Crippen LogP contribution in [-0.2, 0) is 17.8 Å². The quantitative estimate of drug-likeness (QED) is 0.922. The van der Waals surface area contributed by atoms with Crippen molar-refractivity contribution < 1.29 is 9.90 Å². The molecule has 1 N–H and O–H groups in total. The number of aryl methyl sites for hydroxylation is 3. The van der Waals surface area contributed by atoms with E-state index >= 15 is 0 Å². The van der Waals surface area contributed by atoms with Gasteiger partial charge in [-0.25, -0.2) is 0 Å². The minimum Gasteiger partial charge on any atom is -0.481 e. The van der Waals surface area contributed by atoms with Crippen molar-refractivity contribution in [2.24, 2.45) is 0 Å². The standard InChI is InChI=1S/C18H21NO3/c1-4-19-16(15-6-5-12(2)13(3)11-15)9-7-14(18(19)22)8-10-17(20)21/h5-7,9,11H,4,8,10H2,1-3H3,(H,20,21). The zero-order valence-electron chi connectivity index (χ0n) is 13.2. The Hall–Kier alpha value is -2.36. The Morgan fingerprint density at radius 3 is 2.45 bits per heavy atom. The Balaban J connectivity index is 2.49. The molecule has 0 saturated heterocycles. The average Bonchev–Trinajstić information content (AvgIpc) is 2.48. The van der Waals surface area contributed by atoms with Gasteiger partial charge >= 0.3 is 5.97 Å². The first kappa shape index (κ1) is 16.0. The number of nitrogens with zero attached hydrogens (tertiary/aromatic N) is 1. The summed E-state index contributed by atoms with van der Waals surface area (Å²) in [5.74, 6) is -0.888. The lowest BCUT2D eigenvalue weighted by molar-refractivity contribution is -0.136. The van der Waals surface area contributed by atoms with Crippen LogP contribution in [0.2, 0.25) is 0 Å². The van der Waals surface area contributed by atoms with Gasteiger partial charge in [-0.05, 0) is 56.0 Å². The number of carboxylic acid groups (broad SMARTS) is 1. The van der Waals surface area contributed by atoms with Crippen molar-refractivity contribution in [2.45, 2.75) is 40.2 Å². The molecule has 0 atom stereocenters. The number of hydrogen-bond acceptors (Lipinski definition) is 2. The molecule has 2 aromatic rings. The van der Waals surface area contributed by atoms with Crippen LogP contribution < -0.4 is 5.56 Å². The van der Waals surface area contributed by atoms with E-state index in [-0.39, 0.29) is 18.4 Å². The van der Waals surface area contributed by atoms with Crippen LogP contribution in [0.15, 0.2) is 35.1 Å². The third-order valence-electron chi connectivity index (χ3n) is 3.98. The second-order valence-electron chi connectivity index (χ2n) is 5.49. The first-order valence-corrected chi connectivity index (χ1v) is 7.46. The van der Waals surface area contributed by atoms with Gasteiger partial charge in [0, 0.05) is 18.5 Å². The van der Waals surface area contributed by atoms with Gasteiger partial charge in [0.15, 0.2) is 0 Å². The van der Waals surface area contributed by atoms with Crippen molar-refractivity contribution in [3.8, 4) is 11.3 Å². The fourth-order valence-corrected chi connectivity index (χ4v) is 2.52. The highest BCUT2D eigenvalue weighted by molar-refractivity contribution is 5.67. The molecule has 1 aromatic heterocycles. The lowest BCUT2D eigenvalue weighted by Gasteiger charge is -2.14. The van der Waals surface area contributed by atoms with E-state index < -0.39 is 5.97 Å². The van der Waals surface area contributed by atoms with Gasteiger partial charge in [0.25, 0.3) is 5.56 Å². The minimum atomic E-state index is -0.888. The van der Waals surface area contributed by atoms with E-state index in [4.69, 9.17) is 5.11 Å². The maximum atomic E-state index is 12.5. The summed E-state index contributed by atoms with van der Waals surface area (Å²) in [4.78, 5) is 23.2. The SMILES string of the molecule is CCn1c(-c2ccc(C)c(C)c2)ccc(CCC(=O)O)c1=O. The van der Waals surface area contributed by atoms with E-state index in [0.717, 1.165) is 11.3 Å². The molecule has 0 aliphatic rings. The van der Waals surface area contributed by atoms with E-state index in [9.17, 15) is 9.59 Å². The summed E-state index contributed by atoms with van der Waals surface area (Å²) >= 11 is 0. The summed E-state index contributed by atoms with van der Waals surface area (Å²) in [7, 11) is 0. The van der Waals surface area contributed by atoms with E-state index in [1.165, 1.54) is 11.1 Å². The van der Waals surface area contributed by atoms with Crippen LogP contribution in [0.4, 0.5) is 0 Å². The molecule has 0 unspecified atom stereocenters. The maximum absolute atomic E-state index is 12.5. The van der Waals surface area contributed by atoms with Crippen LogP contribution in [0.3, 0.4) is 0 Å². The van der Waals surface area contributed by atoms with E-state index in [1.807, 2.05) is 25.1 Å². The van der Waals surface area contributed by atoms with E-state index in [2.05, 4.69) is 19.9 Å². The molecule has 0 bridgehead atoms. The normalized spacial score (nSPS) is 10.7. The third kappa shape index (κ3) is 3.27. The summed E-state index contributed by atoms with van der Waals surface area (Å²) in [6.07, 6.45) is 0.239. The van der Waals surface area contributed by atoms with Gasteiger partial charge in [-0.2, -0.15) is 0 Å². The fourth-order valence-electron chi connectivity index (χ4n) is 2.52. The van der Waals surface area contributed by atoms with Crippen molar-refractivity contribution in [1.82, 2.24) is 4.57 Å².